The second-order valence-corrected chi connectivity index (χ2v) is 20.1. The molecule has 0 unspecified atom stereocenters. The minimum atomic E-state index is -0.175. The molecule has 2 aromatic carbocycles. The summed E-state index contributed by atoms with van der Waals surface area (Å²) in [6, 6.07) is 21.3. The Morgan fingerprint density at radius 3 is 1.51 bits per heavy atom. The molecule has 3 aliphatic carbocycles. The lowest BCUT2D eigenvalue weighted by Gasteiger charge is -2.22. The molecule has 0 saturated heterocycles. The van der Waals surface area contributed by atoms with E-state index < -0.39 is 0 Å². The van der Waals surface area contributed by atoms with Crippen LogP contribution in [0.25, 0.3) is 55.5 Å². The summed E-state index contributed by atoms with van der Waals surface area (Å²) in [5.74, 6) is 0.0701. The Labute approximate surface area is 384 Å². The average Bonchev–Trinajstić information content (AvgIpc) is 4.12. The molecule has 0 fully saturated rings. The quantitative estimate of drug-likeness (QED) is 0.129. The number of hydrogen-bond acceptors (Lipinski definition) is 4. The summed E-state index contributed by atoms with van der Waals surface area (Å²) in [6.07, 6.45) is 14.8. The maximum Gasteiger partial charge on any atom is 0.190 e. The summed E-state index contributed by atoms with van der Waals surface area (Å²) in [5.41, 5.74) is 25.8. The maximum atomic E-state index is 13.8. The van der Waals surface area contributed by atoms with Crippen molar-refractivity contribution in [3.05, 3.63) is 139 Å². The minimum Gasteiger partial charge on any atom is -0.355 e. The molecule has 2 aliphatic heterocycles. The fourth-order valence-corrected chi connectivity index (χ4v) is 11.8. The lowest BCUT2D eigenvalue weighted by atomic mass is 9.80. The van der Waals surface area contributed by atoms with Gasteiger partial charge in [-0.15, -0.1) is 0 Å². The van der Waals surface area contributed by atoms with E-state index in [0.717, 1.165) is 92.9 Å². The zero-order chi connectivity index (χ0) is 45.3. The van der Waals surface area contributed by atoms with Crippen molar-refractivity contribution >= 4 is 55.9 Å². The van der Waals surface area contributed by atoms with E-state index in [0.29, 0.717) is 24.0 Å². The largest absolute Gasteiger partial charge is 0.355 e. The van der Waals surface area contributed by atoms with Crippen LogP contribution in [0.5, 0.6) is 0 Å². The molecule has 8 bridgehead atoms. The number of ketones is 2. The summed E-state index contributed by atoms with van der Waals surface area (Å²) in [4.78, 5) is 46.6. The fourth-order valence-electron chi connectivity index (χ4n) is 11.8. The first kappa shape index (κ1) is 43.0. The summed E-state index contributed by atoms with van der Waals surface area (Å²) < 4.78 is 0. The molecule has 0 radical (unpaired) electrons. The molecule has 5 aliphatic rings. The van der Waals surface area contributed by atoms with Crippen LogP contribution in [0.1, 0.15) is 183 Å². The highest BCUT2D eigenvalue weighted by atomic mass is 16.1. The Morgan fingerprint density at radius 2 is 1.02 bits per heavy atom. The summed E-state index contributed by atoms with van der Waals surface area (Å²) in [5, 5.41) is 0. The molecule has 5 heterocycles. The highest BCUT2D eigenvalue weighted by Crippen LogP contribution is 2.54. The smallest absolute Gasteiger partial charge is 0.190 e. The number of allylic oxidation sites excluding steroid dienone is 6. The van der Waals surface area contributed by atoms with E-state index in [1.54, 1.807) is 0 Å². The van der Waals surface area contributed by atoms with E-state index in [2.05, 4.69) is 102 Å². The predicted molar refractivity (Wildman–Crippen MR) is 269 cm³/mol. The fraction of sp³-hybridized carbons (Fsp3) is 0.390. The molecule has 10 rings (SSSR count). The van der Waals surface area contributed by atoms with Gasteiger partial charge in [0.1, 0.15) is 0 Å². The number of carbonyl (C=O) groups excluding carboxylic acids is 2. The number of nitrogens with zero attached hydrogens (tertiary/aromatic N) is 2. The molecule has 2 N–H and O–H groups in total. The maximum absolute atomic E-state index is 13.8. The molecule has 0 atom stereocenters. The van der Waals surface area contributed by atoms with Crippen LogP contribution >= 0.6 is 0 Å². The monoisotopic (exact) mass is 861 g/mol. The molecule has 6 heteroatoms. The summed E-state index contributed by atoms with van der Waals surface area (Å²) in [7, 11) is 0. The molecule has 1 spiro atoms. The Balaban J connectivity index is 1.15. The summed E-state index contributed by atoms with van der Waals surface area (Å²) in [6.45, 7) is 18.0. The van der Waals surface area contributed by atoms with Gasteiger partial charge >= 0.3 is 0 Å². The van der Waals surface area contributed by atoms with Gasteiger partial charge in [-0.25, -0.2) is 9.97 Å². The molecule has 6 nitrogen and oxygen atoms in total. The molecular formula is C59H64N4O2. The van der Waals surface area contributed by atoms with E-state index >= 15 is 0 Å². The van der Waals surface area contributed by atoms with Gasteiger partial charge in [0.25, 0.3) is 0 Å². The van der Waals surface area contributed by atoms with Gasteiger partial charge in [0.2, 0.25) is 0 Å². The third-order valence-corrected chi connectivity index (χ3v) is 15.9. The number of aryl methyl sites for hydroxylation is 4. The Morgan fingerprint density at radius 1 is 0.523 bits per heavy atom. The molecule has 3 aromatic heterocycles. The summed E-state index contributed by atoms with van der Waals surface area (Å²) >= 11 is 0. The van der Waals surface area contributed by atoms with E-state index in [1.165, 1.54) is 107 Å². The molecule has 332 valence electrons. The Bertz CT molecular complexity index is 2950. The van der Waals surface area contributed by atoms with Gasteiger partial charge in [0, 0.05) is 49.9 Å². The zero-order valence-electron chi connectivity index (χ0n) is 39.9. The minimum absolute atomic E-state index is 0.0351. The van der Waals surface area contributed by atoms with Crippen LogP contribution in [0.4, 0.5) is 0 Å². The van der Waals surface area contributed by atoms with Crippen LogP contribution in [0, 0.1) is 19.3 Å². The first-order valence-electron chi connectivity index (χ1n) is 24.5. The van der Waals surface area contributed by atoms with Crippen LogP contribution in [0.3, 0.4) is 0 Å². The second-order valence-electron chi connectivity index (χ2n) is 20.1. The van der Waals surface area contributed by atoms with Gasteiger partial charge in [-0.3, -0.25) is 9.59 Å². The first-order chi connectivity index (χ1) is 31.4. The number of aromatic amines is 2. The number of H-pyrrole nitrogens is 2. The van der Waals surface area contributed by atoms with Crippen LogP contribution in [-0.4, -0.2) is 31.5 Å². The Hall–Kier alpha value is -5.88. The van der Waals surface area contributed by atoms with Crippen molar-refractivity contribution in [1.82, 2.24) is 19.9 Å². The van der Waals surface area contributed by atoms with Gasteiger partial charge < -0.3 is 9.97 Å². The van der Waals surface area contributed by atoms with Crippen molar-refractivity contribution in [2.75, 3.05) is 0 Å². The van der Waals surface area contributed by atoms with Crippen molar-refractivity contribution in [2.24, 2.45) is 5.41 Å². The number of rotatable bonds is 11. The Kier molecular flexibility index (Phi) is 11.1. The molecule has 0 saturated carbocycles. The SMILES string of the molecule is CCCCCCc1c(C)c2cc3nc(c(-c4ccc5c(c4)CC4(CC6=C(C4)C(=O)c4ccccc4C6=O)C5)c4nc(cc5[nH]c(cc1[nH]2)c(CCCCCC)c5C)C(C)=C4C)C(C)=C3C. The number of benzene rings is 2. The number of Topliss-reactive ketones (excluding diaryl/α,β-unsaturated/α-hetero) is 2. The number of carbonyl (C=O) groups is 2. The van der Waals surface area contributed by atoms with Crippen LogP contribution in [0.15, 0.2) is 71.8 Å². The molecular weight excluding hydrogens is 797 g/mol. The normalized spacial score (nSPS) is 16.4. The lowest BCUT2D eigenvalue weighted by molar-refractivity contribution is 0.0975. The molecule has 65 heavy (non-hydrogen) atoms. The number of unbranched alkanes of at least 4 members (excludes halogenated alkanes) is 6. The van der Waals surface area contributed by atoms with Gasteiger partial charge in [-0.1, -0.05) is 94.8 Å². The molecule has 0 amide bonds. The highest BCUT2D eigenvalue weighted by molar-refractivity contribution is 6.27. The second kappa shape index (κ2) is 16.8. The van der Waals surface area contributed by atoms with Gasteiger partial charge in [-0.2, -0.15) is 0 Å². The zero-order valence-corrected chi connectivity index (χ0v) is 39.9. The van der Waals surface area contributed by atoms with Crippen LogP contribution in [0.2, 0.25) is 0 Å². The third kappa shape index (κ3) is 7.32. The van der Waals surface area contributed by atoms with Crippen molar-refractivity contribution < 1.29 is 9.59 Å². The van der Waals surface area contributed by atoms with Crippen LogP contribution < -0.4 is 0 Å². The van der Waals surface area contributed by atoms with Gasteiger partial charge in [0.15, 0.2) is 11.6 Å². The lowest BCUT2D eigenvalue weighted by Crippen LogP contribution is -2.19. The number of nitrogens with one attached hydrogen (secondary N) is 2. The topological polar surface area (TPSA) is 91.5 Å². The highest BCUT2D eigenvalue weighted by Gasteiger charge is 2.48. The van der Waals surface area contributed by atoms with E-state index in [1.807, 2.05) is 24.3 Å². The van der Waals surface area contributed by atoms with E-state index in [-0.39, 0.29) is 17.0 Å². The first-order valence-corrected chi connectivity index (χ1v) is 24.5. The number of aromatic nitrogens is 4. The number of hydrogen-bond donors (Lipinski definition) is 2. The predicted octanol–water partition coefficient (Wildman–Crippen LogP) is 15.0. The van der Waals surface area contributed by atoms with Crippen molar-refractivity contribution in [1.29, 1.82) is 0 Å². The average molecular weight is 861 g/mol. The van der Waals surface area contributed by atoms with Crippen molar-refractivity contribution in [3.63, 3.8) is 0 Å². The van der Waals surface area contributed by atoms with Gasteiger partial charge in [0.05, 0.1) is 22.8 Å². The third-order valence-electron chi connectivity index (χ3n) is 15.9. The number of fused-ring (bicyclic) bond motifs is 10. The standard InChI is InChI=1S/C59H64N4O2/c1-9-11-13-15-19-42-37(7)50-26-48-33(3)35(5)55(62-48)54(56-36(6)34(4)49(63-56)27-51-38(8)43(20-16-14-12-10-2)53(61-51)28-52(42)60-50)39-23-24-40-29-59(30-41(40)25-39)31-46-47(32-59)58(65)45-22-18-17-21-44(45)57(46)64/h17-18,21-28,60-61H,9-16,19-20,29-32H2,1-8H3. The van der Waals surface area contributed by atoms with Crippen LogP contribution in [-0.2, 0) is 25.7 Å². The van der Waals surface area contributed by atoms with Crippen molar-refractivity contribution in [3.8, 4) is 11.1 Å². The van der Waals surface area contributed by atoms with Gasteiger partial charge in [-0.05, 0) is 178 Å². The molecule has 5 aromatic rings. The van der Waals surface area contributed by atoms with E-state index in [4.69, 9.17) is 9.97 Å². The van der Waals surface area contributed by atoms with E-state index in [9.17, 15) is 9.59 Å². The van der Waals surface area contributed by atoms with Crippen molar-refractivity contribution in [2.45, 2.75) is 145 Å².